The number of imidazole rings is 1. The van der Waals surface area contributed by atoms with Crippen molar-refractivity contribution >= 4 is 23.1 Å². The first-order valence-corrected chi connectivity index (χ1v) is 10.3. The Balaban J connectivity index is 1.44. The van der Waals surface area contributed by atoms with E-state index in [0.29, 0.717) is 5.95 Å². The maximum absolute atomic E-state index is 5.60. The number of nitrogens with zero attached hydrogens (tertiary/aromatic N) is 6. The summed E-state index contributed by atoms with van der Waals surface area (Å²) < 4.78 is 9.48. The Bertz CT molecular complexity index is 1170. The van der Waals surface area contributed by atoms with Crippen LogP contribution in [-0.4, -0.2) is 44.3 Å². The Labute approximate surface area is 175 Å². The van der Waals surface area contributed by atoms with Crippen LogP contribution in [0.3, 0.4) is 0 Å². The molecule has 1 N–H and O–H groups in total. The Morgan fingerprint density at radius 3 is 2.70 bits per heavy atom. The molecule has 1 aliphatic rings. The lowest BCUT2D eigenvalue weighted by Gasteiger charge is -2.28. The number of anilines is 3. The van der Waals surface area contributed by atoms with Gasteiger partial charge >= 0.3 is 0 Å². The predicted molar refractivity (Wildman–Crippen MR) is 117 cm³/mol. The van der Waals surface area contributed by atoms with Gasteiger partial charge in [0.1, 0.15) is 11.6 Å². The summed E-state index contributed by atoms with van der Waals surface area (Å²) in [6.07, 6.45) is 7.49. The molecule has 1 aromatic carbocycles. The first-order chi connectivity index (χ1) is 14.7. The number of piperidine rings is 1. The zero-order valence-corrected chi connectivity index (χ0v) is 17.2. The fourth-order valence-electron chi connectivity index (χ4n) is 3.96. The number of fused-ring (bicyclic) bond motifs is 1. The molecule has 0 aliphatic carbocycles. The fraction of sp³-hybridized carbons (Fsp3) is 0.318. The van der Waals surface area contributed by atoms with Crippen LogP contribution in [0.1, 0.15) is 25.0 Å². The van der Waals surface area contributed by atoms with Gasteiger partial charge in [-0.15, -0.1) is 5.10 Å². The lowest BCUT2D eigenvalue weighted by Crippen LogP contribution is -2.31. The van der Waals surface area contributed by atoms with E-state index < -0.39 is 0 Å². The highest BCUT2D eigenvalue weighted by atomic mass is 16.5. The van der Waals surface area contributed by atoms with E-state index in [9.17, 15) is 0 Å². The Hall–Kier alpha value is -3.55. The molecule has 1 saturated heterocycles. The molecule has 3 aromatic heterocycles. The summed E-state index contributed by atoms with van der Waals surface area (Å²) in [5.74, 6) is 2.40. The van der Waals surface area contributed by atoms with Crippen LogP contribution in [0.4, 0.5) is 17.5 Å². The number of ether oxygens (including phenoxy) is 1. The van der Waals surface area contributed by atoms with Gasteiger partial charge in [-0.25, -0.2) is 4.98 Å². The van der Waals surface area contributed by atoms with Gasteiger partial charge in [0.2, 0.25) is 5.95 Å². The third kappa shape index (κ3) is 3.45. The molecule has 0 unspecified atom stereocenters. The van der Waals surface area contributed by atoms with Gasteiger partial charge in [0, 0.05) is 31.0 Å². The Morgan fingerprint density at radius 2 is 1.93 bits per heavy atom. The first-order valence-electron chi connectivity index (χ1n) is 10.3. The molecular formula is C22H25N7O. The van der Waals surface area contributed by atoms with E-state index in [2.05, 4.69) is 26.3 Å². The summed E-state index contributed by atoms with van der Waals surface area (Å²) in [6, 6.07) is 12.1. The van der Waals surface area contributed by atoms with Gasteiger partial charge in [-0.3, -0.25) is 0 Å². The summed E-state index contributed by atoms with van der Waals surface area (Å²) in [5, 5.41) is 8.03. The topological polar surface area (TPSA) is 72.5 Å². The molecule has 4 aromatic rings. The van der Waals surface area contributed by atoms with Crippen molar-refractivity contribution in [3.8, 4) is 11.4 Å². The Kier molecular flexibility index (Phi) is 4.74. The molecule has 8 heteroatoms. The average molecular weight is 403 g/mol. The van der Waals surface area contributed by atoms with Crippen molar-refractivity contribution in [2.45, 2.75) is 26.2 Å². The zero-order chi connectivity index (χ0) is 20.5. The SMILES string of the molecule is COc1cc(Nc2nc3cccc(N4CCCCC4)n3n2)ccc1-n1cnc(C)c1. The van der Waals surface area contributed by atoms with Gasteiger partial charge in [0.25, 0.3) is 0 Å². The molecule has 4 heterocycles. The molecule has 30 heavy (non-hydrogen) atoms. The first kappa shape index (κ1) is 18.5. The molecule has 8 nitrogen and oxygen atoms in total. The number of aromatic nitrogens is 5. The quantitative estimate of drug-likeness (QED) is 0.544. The van der Waals surface area contributed by atoms with Crippen LogP contribution < -0.4 is 15.0 Å². The van der Waals surface area contributed by atoms with Crippen molar-refractivity contribution < 1.29 is 4.74 Å². The third-order valence-electron chi connectivity index (χ3n) is 5.45. The molecule has 0 atom stereocenters. The van der Waals surface area contributed by atoms with E-state index in [-0.39, 0.29) is 0 Å². The summed E-state index contributed by atoms with van der Waals surface area (Å²) >= 11 is 0. The fourth-order valence-corrected chi connectivity index (χ4v) is 3.96. The molecule has 0 spiro atoms. The molecular weight excluding hydrogens is 378 g/mol. The van der Waals surface area contributed by atoms with Crippen LogP contribution >= 0.6 is 0 Å². The third-order valence-corrected chi connectivity index (χ3v) is 5.45. The van der Waals surface area contributed by atoms with Crippen LogP contribution in [-0.2, 0) is 0 Å². The minimum Gasteiger partial charge on any atom is -0.494 e. The van der Waals surface area contributed by atoms with Crippen LogP contribution in [0.15, 0.2) is 48.9 Å². The van der Waals surface area contributed by atoms with E-state index in [1.807, 2.05) is 52.5 Å². The summed E-state index contributed by atoms with van der Waals surface area (Å²) in [4.78, 5) is 11.3. The highest BCUT2D eigenvalue weighted by molar-refractivity contribution is 5.63. The molecule has 0 bridgehead atoms. The van der Waals surface area contributed by atoms with Gasteiger partial charge in [0.15, 0.2) is 5.65 Å². The van der Waals surface area contributed by atoms with Crippen LogP contribution in [0, 0.1) is 6.92 Å². The van der Waals surface area contributed by atoms with E-state index in [1.54, 1.807) is 13.4 Å². The van der Waals surface area contributed by atoms with Crippen molar-refractivity contribution in [1.82, 2.24) is 24.1 Å². The maximum atomic E-state index is 5.60. The van der Waals surface area contributed by atoms with Crippen molar-refractivity contribution in [2.75, 3.05) is 30.4 Å². The monoisotopic (exact) mass is 403 g/mol. The van der Waals surface area contributed by atoms with Crippen molar-refractivity contribution in [3.63, 3.8) is 0 Å². The second-order valence-corrected chi connectivity index (χ2v) is 7.57. The second-order valence-electron chi connectivity index (χ2n) is 7.57. The number of aryl methyl sites for hydroxylation is 1. The standard InChI is InChI=1S/C22H25N7O/c1-16-14-28(15-23-16)18-10-9-17(13-19(18)30-2)24-22-25-20-7-6-8-21(29(20)26-22)27-11-4-3-5-12-27/h6-10,13-15H,3-5,11-12H2,1-2H3,(H,24,26). The summed E-state index contributed by atoms with van der Waals surface area (Å²) in [6.45, 7) is 4.09. The molecule has 5 rings (SSSR count). The number of hydrogen-bond donors (Lipinski definition) is 1. The molecule has 154 valence electrons. The summed E-state index contributed by atoms with van der Waals surface area (Å²) in [7, 11) is 1.67. The number of methoxy groups -OCH3 is 1. The zero-order valence-electron chi connectivity index (χ0n) is 17.2. The van der Waals surface area contributed by atoms with Crippen molar-refractivity contribution in [1.29, 1.82) is 0 Å². The molecule has 1 aliphatic heterocycles. The highest BCUT2D eigenvalue weighted by Gasteiger charge is 2.16. The van der Waals surface area contributed by atoms with E-state index in [4.69, 9.17) is 9.84 Å². The number of nitrogens with one attached hydrogen (secondary N) is 1. The van der Waals surface area contributed by atoms with E-state index >= 15 is 0 Å². The molecule has 0 saturated carbocycles. The van der Waals surface area contributed by atoms with Gasteiger partial charge in [-0.05, 0) is 50.5 Å². The maximum Gasteiger partial charge on any atom is 0.247 e. The highest BCUT2D eigenvalue weighted by Crippen LogP contribution is 2.28. The normalized spacial score (nSPS) is 14.3. The van der Waals surface area contributed by atoms with Gasteiger partial charge in [-0.2, -0.15) is 9.50 Å². The minimum absolute atomic E-state index is 0.563. The van der Waals surface area contributed by atoms with Crippen LogP contribution in [0.2, 0.25) is 0 Å². The van der Waals surface area contributed by atoms with E-state index in [1.165, 1.54) is 19.3 Å². The van der Waals surface area contributed by atoms with Gasteiger partial charge in [-0.1, -0.05) is 6.07 Å². The number of pyridine rings is 1. The number of hydrogen-bond acceptors (Lipinski definition) is 6. The van der Waals surface area contributed by atoms with Crippen LogP contribution in [0.25, 0.3) is 11.3 Å². The van der Waals surface area contributed by atoms with Gasteiger partial charge < -0.3 is 19.5 Å². The number of rotatable bonds is 5. The predicted octanol–water partition coefficient (Wildman–Crippen LogP) is 3.97. The second kappa shape index (κ2) is 7.70. The lowest BCUT2D eigenvalue weighted by molar-refractivity contribution is 0.413. The van der Waals surface area contributed by atoms with Crippen LogP contribution in [0.5, 0.6) is 5.75 Å². The smallest absolute Gasteiger partial charge is 0.247 e. The summed E-state index contributed by atoms with van der Waals surface area (Å²) in [5.41, 5.74) is 3.58. The molecule has 0 amide bonds. The minimum atomic E-state index is 0.563. The molecule has 0 radical (unpaired) electrons. The van der Waals surface area contributed by atoms with Gasteiger partial charge in [0.05, 0.1) is 24.8 Å². The van der Waals surface area contributed by atoms with E-state index in [0.717, 1.165) is 47.4 Å². The lowest BCUT2D eigenvalue weighted by atomic mass is 10.1. The largest absolute Gasteiger partial charge is 0.494 e. The average Bonchev–Trinajstić information content (AvgIpc) is 3.39. The van der Waals surface area contributed by atoms with Crippen molar-refractivity contribution in [2.24, 2.45) is 0 Å². The van der Waals surface area contributed by atoms with Crippen molar-refractivity contribution in [3.05, 3.63) is 54.6 Å². The Morgan fingerprint density at radius 1 is 1.07 bits per heavy atom. The molecule has 1 fully saturated rings. The number of benzene rings is 1.